The summed E-state index contributed by atoms with van der Waals surface area (Å²) in [6.07, 6.45) is 3.92. The molecule has 1 atom stereocenters. The fourth-order valence-electron chi connectivity index (χ4n) is 2.44. The minimum atomic E-state index is 0.465. The zero-order valence-corrected chi connectivity index (χ0v) is 13.7. The monoisotopic (exact) mass is 310 g/mol. The highest BCUT2D eigenvalue weighted by molar-refractivity contribution is 5.14. The molecule has 0 aliphatic heterocycles. The lowest BCUT2D eigenvalue weighted by Gasteiger charge is -2.15. The van der Waals surface area contributed by atoms with Crippen LogP contribution >= 0.6 is 0 Å². The summed E-state index contributed by atoms with van der Waals surface area (Å²) in [5.74, 6) is 0.465. The zero-order chi connectivity index (χ0) is 16.2. The molecule has 0 saturated carbocycles. The third-order valence-electron chi connectivity index (χ3n) is 3.75. The highest BCUT2D eigenvalue weighted by atomic mass is 16.5. The van der Waals surface area contributed by atoms with Gasteiger partial charge in [-0.2, -0.15) is 0 Å². The average molecular weight is 310 g/mol. The zero-order valence-electron chi connectivity index (χ0n) is 13.7. The summed E-state index contributed by atoms with van der Waals surface area (Å²) in [4.78, 5) is 0. The standard InChI is InChI=1S/C21H26O2/c1-2-9-19(17-23-18-21-12-7-4-8-13-21)14-15-22-16-20-10-5-3-6-11-20/h2-8,10-13,19H,1,9,14-18H2. The van der Waals surface area contributed by atoms with E-state index in [0.29, 0.717) is 19.1 Å². The molecule has 0 bridgehead atoms. The quantitative estimate of drug-likeness (QED) is 0.429. The maximum atomic E-state index is 5.85. The van der Waals surface area contributed by atoms with Crippen LogP contribution in [-0.2, 0) is 22.7 Å². The average Bonchev–Trinajstić information content (AvgIpc) is 2.60. The van der Waals surface area contributed by atoms with Gasteiger partial charge in [-0.1, -0.05) is 66.7 Å². The van der Waals surface area contributed by atoms with E-state index in [-0.39, 0.29) is 0 Å². The van der Waals surface area contributed by atoms with E-state index in [1.165, 1.54) is 11.1 Å². The fraction of sp³-hybridized carbons (Fsp3) is 0.333. The van der Waals surface area contributed by atoms with Gasteiger partial charge in [-0.15, -0.1) is 6.58 Å². The van der Waals surface area contributed by atoms with Gasteiger partial charge in [-0.3, -0.25) is 0 Å². The maximum absolute atomic E-state index is 5.85. The molecule has 0 heterocycles. The van der Waals surface area contributed by atoms with Crippen molar-refractivity contribution in [3.8, 4) is 0 Å². The molecule has 2 nitrogen and oxygen atoms in total. The summed E-state index contributed by atoms with van der Waals surface area (Å²) >= 11 is 0. The van der Waals surface area contributed by atoms with Crippen molar-refractivity contribution in [2.45, 2.75) is 26.1 Å². The van der Waals surface area contributed by atoms with Gasteiger partial charge in [0.2, 0.25) is 0 Å². The van der Waals surface area contributed by atoms with E-state index in [4.69, 9.17) is 9.47 Å². The van der Waals surface area contributed by atoms with Crippen molar-refractivity contribution in [2.75, 3.05) is 13.2 Å². The third-order valence-corrected chi connectivity index (χ3v) is 3.75. The molecule has 1 unspecified atom stereocenters. The second-order valence-electron chi connectivity index (χ2n) is 5.72. The van der Waals surface area contributed by atoms with Crippen LogP contribution in [0, 0.1) is 5.92 Å². The minimum absolute atomic E-state index is 0.465. The van der Waals surface area contributed by atoms with Crippen LogP contribution in [0.3, 0.4) is 0 Å². The van der Waals surface area contributed by atoms with Crippen LogP contribution in [0.2, 0.25) is 0 Å². The Kier molecular flexibility index (Phi) is 8.17. The lowest BCUT2D eigenvalue weighted by atomic mass is 10.0. The number of benzene rings is 2. The van der Waals surface area contributed by atoms with Crippen molar-refractivity contribution in [2.24, 2.45) is 5.92 Å². The molecular formula is C21H26O2. The van der Waals surface area contributed by atoms with Gasteiger partial charge in [-0.05, 0) is 29.9 Å². The minimum Gasteiger partial charge on any atom is -0.377 e. The predicted molar refractivity (Wildman–Crippen MR) is 95.1 cm³/mol. The summed E-state index contributed by atoms with van der Waals surface area (Å²) in [6.45, 7) is 6.68. The lowest BCUT2D eigenvalue weighted by molar-refractivity contribution is 0.0591. The molecule has 0 saturated heterocycles. The Morgan fingerprint density at radius 3 is 1.96 bits per heavy atom. The topological polar surface area (TPSA) is 18.5 Å². The van der Waals surface area contributed by atoms with Gasteiger partial charge in [0.25, 0.3) is 0 Å². The van der Waals surface area contributed by atoms with Crippen molar-refractivity contribution in [1.29, 1.82) is 0 Å². The summed E-state index contributed by atoms with van der Waals surface area (Å²) in [6, 6.07) is 20.6. The molecule has 23 heavy (non-hydrogen) atoms. The fourth-order valence-corrected chi connectivity index (χ4v) is 2.44. The molecule has 122 valence electrons. The van der Waals surface area contributed by atoms with E-state index in [1.54, 1.807) is 0 Å². The number of hydrogen-bond donors (Lipinski definition) is 0. The van der Waals surface area contributed by atoms with Gasteiger partial charge >= 0.3 is 0 Å². The summed E-state index contributed by atoms with van der Waals surface area (Å²) in [5.41, 5.74) is 2.43. The number of allylic oxidation sites excluding steroid dienone is 1. The van der Waals surface area contributed by atoms with Gasteiger partial charge < -0.3 is 9.47 Å². The number of hydrogen-bond acceptors (Lipinski definition) is 2. The van der Waals surface area contributed by atoms with Crippen LogP contribution in [-0.4, -0.2) is 13.2 Å². The molecule has 2 aromatic carbocycles. The Morgan fingerprint density at radius 2 is 1.39 bits per heavy atom. The van der Waals surface area contributed by atoms with E-state index in [9.17, 15) is 0 Å². The van der Waals surface area contributed by atoms with E-state index >= 15 is 0 Å². The van der Waals surface area contributed by atoms with Crippen LogP contribution in [0.15, 0.2) is 73.3 Å². The van der Waals surface area contributed by atoms with Gasteiger partial charge in [0.05, 0.1) is 19.8 Å². The number of rotatable bonds is 11. The lowest BCUT2D eigenvalue weighted by Crippen LogP contribution is -2.12. The molecule has 2 rings (SSSR count). The van der Waals surface area contributed by atoms with Crippen molar-refractivity contribution in [3.05, 3.63) is 84.4 Å². The van der Waals surface area contributed by atoms with Crippen LogP contribution < -0.4 is 0 Å². The Hall–Kier alpha value is -1.90. The SMILES string of the molecule is C=CCC(CCOCc1ccccc1)COCc1ccccc1. The normalized spacial score (nSPS) is 12.0. The molecule has 0 aromatic heterocycles. The van der Waals surface area contributed by atoms with Gasteiger partial charge in [0.1, 0.15) is 0 Å². The van der Waals surface area contributed by atoms with Gasteiger partial charge in [-0.25, -0.2) is 0 Å². The maximum Gasteiger partial charge on any atom is 0.0717 e. The highest BCUT2D eigenvalue weighted by Crippen LogP contribution is 2.12. The van der Waals surface area contributed by atoms with Gasteiger partial charge in [0.15, 0.2) is 0 Å². The van der Waals surface area contributed by atoms with Crippen molar-refractivity contribution in [3.63, 3.8) is 0 Å². The Balaban J connectivity index is 1.64. The first-order chi connectivity index (χ1) is 11.4. The summed E-state index contributed by atoms with van der Waals surface area (Å²) < 4.78 is 11.6. The van der Waals surface area contributed by atoms with E-state index < -0.39 is 0 Å². The predicted octanol–water partition coefficient (Wildman–Crippen LogP) is 5.00. The van der Waals surface area contributed by atoms with E-state index in [2.05, 4.69) is 30.8 Å². The first-order valence-corrected chi connectivity index (χ1v) is 8.22. The first kappa shape index (κ1) is 17.5. The highest BCUT2D eigenvalue weighted by Gasteiger charge is 2.07. The smallest absolute Gasteiger partial charge is 0.0717 e. The van der Waals surface area contributed by atoms with Crippen molar-refractivity contribution in [1.82, 2.24) is 0 Å². The number of ether oxygens (including phenoxy) is 2. The molecule has 0 aliphatic rings. The Morgan fingerprint density at radius 1 is 0.826 bits per heavy atom. The Bertz CT molecular complexity index is 536. The first-order valence-electron chi connectivity index (χ1n) is 8.22. The van der Waals surface area contributed by atoms with Crippen LogP contribution in [0.25, 0.3) is 0 Å². The molecule has 0 amide bonds. The summed E-state index contributed by atoms with van der Waals surface area (Å²) in [7, 11) is 0. The molecule has 0 aliphatic carbocycles. The van der Waals surface area contributed by atoms with Crippen LogP contribution in [0.5, 0.6) is 0 Å². The van der Waals surface area contributed by atoms with E-state index in [1.807, 2.05) is 42.5 Å². The third kappa shape index (κ3) is 7.27. The van der Waals surface area contributed by atoms with Crippen molar-refractivity contribution >= 4 is 0 Å². The van der Waals surface area contributed by atoms with Crippen LogP contribution in [0.1, 0.15) is 24.0 Å². The molecule has 0 radical (unpaired) electrons. The van der Waals surface area contributed by atoms with E-state index in [0.717, 1.165) is 26.1 Å². The molecule has 0 N–H and O–H groups in total. The second kappa shape index (κ2) is 10.8. The molecule has 2 aromatic rings. The Labute approximate surface area is 139 Å². The van der Waals surface area contributed by atoms with Crippen LogP contribution in [0.4, 0.5) is 0 Å². The second-order valence-corrected chi connectivity index (χ2v) is 5.72. The van der Waals surface area contributed by atoms with Crippen molar-refractivity contribution < 1.29 is 9.47 Å². The molecular weight excluding hydrogens is 284 g/mol. The molecule has 0 fully saturated rings. The summed E-state index contributed by atoms with van der Waals surface area (Å²) in [5, 5.41) is 0. The molecule has 2 heteroatoms. The molecule has 0 spiro atoms. The van der Waals surface area contributed by atoms with Gasteiger partial charge in [0, 0.05) is 6.61 Å². The largest absolute Gasteiger partial charge is 0.377 e.